The molecule has 45 heavy (non-hydrogen) atoms. The van der Waals surface area contributed by atoms with Crippen LogP contribution in [0.2, 0.25) is 0 Å². The van der Waals surface area contributed by atoms with Crippen molar-refractivity contribution in [1.82, 2.24) is 10.3 Å². The van der Waals surface area contributed by atoms with Gasteiger partial charge < -0.3 is 19.9 Å². The maximum absolute atomic E-state index is 12.9. The maximum atomic E-state index is 12.9. The molecule has 0 spiro atoms. The molecule has 0 bridgehead atoms. The lowest BCUT2D eigenvalue weighted by Crippen LogP contribution is -2.49. The van der Waals surface area contributed by atoms with Crippen LogP contribution in [0.3, 0.4) is 0 Å². The van der Waals surface area contributed by atoms with Crippen LogP contribution < -0.4 is 5.32 Å². The molecule has 0 aliphatic carbocycles. The first-order chi connectivity index (χ1) is 21.7. The second kappa shape index (κ2) is 23.9. The van der Waals surface area contributed by atoms with Gasteiger partial charge in [-0.05, 0) is 50.7 Å². The highest BCUT2D eigenvalue weighted by molar-refractivity contribution is 5.92. The van der Waals surface area contributed by atoms with E-state index in [0.29, 0.717) is 6.42 Å². The van der Waals surface area contributed by atoms with Gasteiger partial charge in [-0.25, -0.2) is 4.79 Å². The number of hydrogen-bond acceptors (Lipinski definition) is 7. The highest BCUT2D eigenvalue weighted by Gasteiger charge is 2.40. The van der Waals surface area contributed by atoms with Crippen LogP contribution in [0.15, 0.2) is 97.4 Å². The Bertz CT molecular complexity index is 1210. The number of carboxylic acid groups (broad SMARTS) is 1. The van der Waals surface area contributed by atoms with E-state index in [4.69, 9.17) is 14.6 Å². The van der Waals surface area contributed by atoms with Crippen LogP contribution in [0.5, 0.6) is 0 Å². The molecule has 244 valence electrons. The quantitative estimate of drug-likeness (QED) is 0.106. The number of carbonyl (C=O) groups excluding carboxylic acids is 3. The molecule has 1 heterocycles. The number of nitrogens with zero attached hydrogens (tertiary/aromatic N) is 1. The van der Waals surface area contributed by atoms with Crippen molar-refractivity contribution in [1.29, 1.82) is 0 Å². The molecule has 9 nitrogen and oxygen atoms in total. The lowest BCUT2D eigenvalue weighted by atomic mass is 9.86. The lowest BCUT2D eigenvalue weighted by molar-refractivity contribution is -0.153. The minimum atomic E-state index is -1.35. The van der Waals surface area contributed by atoms with Crippen molar-refractivity contribution in [2.45, 2.75) is 78.2 Å². The van der Waals surface area contributed by atoms with E-state index in [2.05, 4.69) is 71.9 Å². The first kappa shape index (κ1) is 38.5. The van der Waals surface area contributed by atoms with Gasteiger partial charge in [-0.3, -0.25) is 19.4 Å². The van der Waals surface area contributed by atoms with Gasteiger partial charge in [0.15, 0.2) is 6.10 Å². The van der Waals surface area contributed by atoms with Crippen LogP contribution in [0, 0.1) is 5.41 Å². The number of allylic oxidation sites excluding steroid dienone is 11. The average molecular weight is 621 g/mol. The summed E-state index contributed by atoms with van der Waals surface area (Å²) in [6.07, 6.45) is 31.5. The number of aromatic nitrogens is 1. The summed E-state index contributed by atoms with van der Waals surface area (Å²) >= 11 is 0. The van der Waals surface area contributed by atoms with Crippen LogP contribution in [0.25, 0.3) is 0 Å². The number of rotatable bonds is 22. The van der Waals surface area contributed by atoms with Gasteiger partial charge in [-0.15, -0.1) is 0 Å². The monoisotopic (exact) mass is 620 g/mol. The molecule has 2 N–H and O–H groups in total. The lowest BCUT2D eigenvalue weighted by Gasteiger charge is -2.32. The minimum absolute atomic E-state index is 0.0474. The summed E-state index contributed by atoms with van der Waals surface area (Å²) in [5.41, 5.74) is -0.967. The number of esters is 2. The van der Waals surface area contributed by atoms with Gasteiger partial charge in [0.25, 0.3) is 5.91 Å². The number of amides is 1. The Hall–Kier alpha value is -4.53. The number of ether oxygens (including phenoxy) is 2. The molecule has 1 aromatic rings. The minimum Gasteiger partial charge on any atom is -0.481 e. The zero-order valence-corrected chi connectivity index (χ0v) is 26.7. The summed E-state index contributed by atoms with van der Waals surface area (Å²) in [5.74, 6) is -3.04. The van der Waals surface area contributed by atoms with E-state index < -0.39 is 35.3 Å². The Balaban J connectivity index is 2.45. The molecule has 1 rings (SSSR count). The second-order valence-corrected chi connectivity index (χ2v) is 10.7. The topological polar surface area (TPSA) is 132 Å². The van der Waals surface area contributed by atoms with Gasteiger partial charge >= 0.3 is 17.9 Å². The van der Waals surface area contributed by atoms with Crippen molar-refractivity contribution in [2.24, 2.45) is 5.41 Å². The average Bonchev–Trinajstić information content (AvgIpc) is 3.02. The molecule has 0 saturated heterocycles. The summed E-state index contributed by atoms with van der Waals surface area (Å²) in [5, 5.41) is 11.3. The highest BCUT2D eigenvalue weighted by atomic mass is 16.6. The predicted molar refractivity (Wildman–Crippen MR) is 176 cm³/mol. The Morgan fingerprint density at radius 3 is 1.89 bits per heavy atom. The fraction of sp³-hybridized carbons (Fsp3) is 0.417. The van der Waals surface area contributed by atoms with Gasteiger partial charge in [-0.1, -0.05) is 93.7 Å². The number of nitrogens with one attached hydrogen (secondary N) is 1. The standard InChI is InChI=1S/C36H48N2O7/c1-4-5-6-7-8-9-10-11-12-13-14-15-16-17-18-19-20-21-24-32(41)44-29-36(2,3)33(34(42)38-27-25-31(39)40)45-35(43)30-23-22-26-37-28-30/h5-6,8-9,11-12,14-15,17-18,20-23,26,28,33H,4,7,10,13,16,19,24-25,27,29H2,1-3H3,(H,38,42)(H,39,40)/t33-/m0/s1. The normalized spacial score (nSPS) is 13.0. The smallest absolute Gasteiger partial charge is 0.340 e. The third-order valence-corrected chi connectivity index (χ3v) is 6.19. The molecule has 0 aliphatic rings. The molecule has 9 heteroatoms. The first-order valence-electron chi connectivity index (χ1n) is 15.3. The predicted octanol–water partition coefficient (Wildman–Crippen LogP) is 6.86. The van der Waals surface area contributed by atoms with Crippen molar-refractivity contribution >= 4 is 23.8 Å². The van der Waals surface area contributed by atoms with E-state index in [1.54, 1.807) is 26.0 Å². The number of aliphatic carboxylic acids is 1. The summed E-state index contributed by atoms with van der Waals surface area (Å²) in [6, 6.07) is 3.05. The fourth-order valence-electron chi connectivity index (χ4n) is 3.71. The number of pyridine rings is 1. The SMILES string of the molecule is CCC=CCC=CCC=CCC=CCC=CCC=CCC(=O)OCC(C)(C)[C@@H](OC(=O)c1cccnc1)C(=O)NCCC(=O)O. The van der Waals surface area contributed by atoms with Gasteiger partial charge in [0.1, 0.15) is 6.61 Å². The molecular weight excluding hydrogens is 572 g/mol. The highest BCUT2D eigenvalue weighted by Crippen LogP contribution is 2.26. The van der Waals surface area contributed by atoms with Crippen LogP contribution in [-0.2, 0) is 23.9 Å². The zero-order chi connectivity index (χ0) is 33.2. The van der Waals surface area contributed by atoms with Crippen LogP contribution >= 0.6 is 0 Å². The van der Waals surface area contributed by atoms with E-state index in [1.807, 2.05) is 12.2 Å². The van der Waals surface area contributed by atoms with Crippen LogP contribution in [0.4, 0.5) is 0 Å². The Labute approximate surface area is 267 Å². The molecule has 0 saturated carbocycles. The molecule has 1 atom stereocenters. The van der Waals surface area contributed by atoms with E-state index in [1.165, 1.54) is 18.5 Å². The van der Waals surface area contributed by atoms with E-state index in [9.17, 15) is 19.2 Å². The summed E-state index contributed by atoms with van der Waals surface area (Å²) in [4.78, 5) is 52.6. The van der Waals surface area contributed by atoms with Crippen molar-refractivity contribution < 1.29 is 33.8 Å². The largest absolute Gasteiger partial charge is 0.481 e. The van der Waals surface area contributed by atoms with E-state index in [0.717, 1.165) is 32.1 Å². The molecule has 1 aromatic heterocycles. The van der Waals surface area contributed by atoms with Crippen molar-refractivity contribution in [3.63, 3.8) is 0 Å². The van der Waals surface area contributed by atoms with Crippen molar-refractivity contribution in [3.8, 4) is 0 Å². The molecule has 1 amide bonds. The third kappa shape index (κ3) is 19.4. The van der Waals surface area contributed by atoms with Gasteiger partial charge in [0, 0.05) is 24.4 Å². The summed E-state index contributed by atoms with van der Waals surface area (Å²) < 4.78 is 10.9. The zero-order valence-electron chi connectivity index (χ0n) is 26.7. The van der Waals surface area contributed by atoms with Crippen molar-refractivity contribution in [3.05, 3.63) is 103 Å². The van der Waals surface area contributed by atoms with Crippen molar-refractivity contribution in [2.75, 3.05) is 13.2 Å². The van der Waals surface area contributed by atoms with Gasteiger partial charge in [0.05, 0.1) is 18.4 Å². The van der Waals surface area contributed by atoms with Gasteiger partial charge in [0.2, 0.25) is 0 Å². The van der Waals surface area contributed by atoms with Gasteiger partial charge in [-0.2, -0.15) is 0 Å². The number of carbonyl (C=O) groups is 4. The first-order valence-corrected chi connectivity index (χ1v) is 15.3. The second-order valence-electron chi connectivity index (χ2n) is 10.7. The van der Waals surface area contributed by atoms with Crippen LogP contribution in [0.1, 0.15) is 82.5 Å². The molecule has 0 radical (unpaired) electrons. The molecular formula is C36H48N2O7. The fourth-order valence-corrected chi connectivity index (χ4v) is 3.71. The Morgan fingerprint density at radius 2 is 1.40 bits per heavy atom. The Morgan fingerprint density at radius 1 is 0.867 bits per heavy atom. The van der Waals surface area contributed by atoms with E-state index >= 15 is 0 Å². The molecule has 0 aliphatic heterocycles. The molecule has 0 unspecified atom stereocenters. The number of carboxylic acids is 1. The van der Waals surface area contributed by atoms with Crippen LogP contribution in [-0.4, -0.2) is 53.2 Å². The maximum Gasteiger partial charge on any atom is 0.340 e. The summed E-state index contributed by atoms with van der Waals surface area (Å²) in [7, 11) is 0. The van der Waals surface area contributed by atoms with E-state index in [-0.39, 0.29) is 31.6 Å². The Kier molecular flexibility index (Phi) is 20.4. The summed E-state index contributed by atoms with van der Waals surface area (Å²) in [6.45, 7) is 5.02. The number of hydrogen-bond donors (Lipinski definition) is 2. The molecule has 0 aromatic carbocycles. The molecule has 0 fully saturated rings. The third-order valence-electron chi connectivity index (χ3n) is 6.19.